The van der Waals surface area contributed by atoms with Crippen LogP contribution in [0.5, 0.6) is 5.75 Å². The second kappa shape index (κ2) is 13.9. The van der Waals surface area contributed by atoms with Crippen molar-refractivity contribution in [2.45, 2.75) is 117 Å². The second-order valence-corrected chi connectivity index (χ2v) is 18.5. The van der Waals surface area contributed by atoms with Crippen molar-refractivity contribution in [1.29, 1.82) is 0 Å². The van der Waals surface area contributed by atoms with Gasteiger partial charge < -0.3 is 24.9 Å². The number of hydrogen-bond donors (Lipinski definition) is 4. The summed E-state index contributed by atoms with van der Waals surface area (Å²) in [4.78, 5) is 51.4. The molecule has 1 saturated heterocycles. The maximum absolute atomic E-state index is 13.8. The molecule has 0 radical (unpaired) electrons. The van der Waals surface area contributed by atoms with Gasteiger partial charge in [-0.2, -0.15) is 0 Å². The summed E-state index contributed by atoms with van der Waals surface area (Å²) in [5, 5.41) is 16.2. The number of hydrogen-bond acceptors (Lipinski definition) is 7. The van der Waals surface area contributed by atoms with E-state index in [0.717, 1.165) is 5.56 Å². The van der Waals surface area contributed by atoms with Crippen LogP contribution in [0.15, 0.2) is 24.3 Å². The lowest BCUT2D eigenvalue weighted by atomic mass is 10.0. The van der Waals surface area contributed by atoms with E-state index in [1.807, 2.05) is 24.3 Å². The van der Waals surface area contributed by atoms with E-state index in [9.17, 15) is 24.3 Å². The minimum Gasteiger partial charge on any atom is -0.543 e. The molecule has 42 heavy (non-hydrogen) atoms. The number of carbonyl (C=O) groups excluding carboxylic acids is 3. The topological polar surface area (TPSA) is 146 Å². The van der Waals surface area contributed by atoms with Crippen LogP contribution in [0.25, 0.3) is 0 Å². The highest BCUT2D eigenvalue weighted by atomic mass is 28.4. The Morgan fingerprint density at radius 1 is 1.10 bits per heavy atom. The molecule has 3 amide bonds. The van der Waals surface area contributed by atoms with Crippen LogP contribution in [0.2, 0.25) is 18.1 Å². The van der Waals surface area contributed by atoms with Gasteiger partial charge in [0.25, 0.3) is 5.91 Å². The lowest BCUT2D eigenvalue weighted by molar-refractivity contribution is -0.148. The third-order valence-corrected chi connectivity index (χ3v) is 11.9. The number of carbonyl (C=O) groups is 4. The van der Waals surface area contributed by atoms with Gasteiger partial charge in [0.15, 0.2) is 0 Å². The van der Waals surface area contributed by atoms with Crippen LogP contribution in [-0.4, -0.2) is 72.6 Å². The van der Waals surface area contributed by atoms with Gasteiger partial charge in [-0.05, 0) is 75.4 Å². The molecule has 0 aromatic heterocycles. The number of amides is 3. The molecule has 3 atom stereocenters. The molecule has 0 spiro atoms. The quantitative estimate of drug-likeness (QED) is 0.290. The molecule has 0 aliphatic carbocycles. The molecule has 1 fully saturated rings. The Morgan fingerprint density at radius 2 is 1.74 bits per heavy atom. The van der Waals surface area contributed by atoms with Gasteiger partial charge in [0.05, 0.1) is 0 Å². The maximum atomic E-state index is 13.8. The monoisotopic (exact) mass is 606 g/mol. The number of alkyl carbamates (subject to hydrolysis) is 1. The van der Waals surface area contributed by atoms with Crippen LogP contribution in [0.3, 0.4) is 0 Å². The molecule has 0 saturated carbocycles. The Bertz CT molecular complexity index is 1130. The summed E-state index contributed by atoms with van der Waals surface area (Å²) in [7, 11) is -2.12. The third-order valence-electron chi connectivity index (χ3n) is 7.50. The molecule has 1 aliphatic heterocycles. The number of nitrogens with one attached hydrogen (secondary N) is 3. The normalized spacial score (nSPS) is 17.7. The number of hydrazine groups is 1. The van der Waals surface area contributed by atoms with Gasteiger partial charge in [0.2, 0.25) is 14.2 Å². The highest BCUT2D eigenvalue weighted by Gasteiger charge is 2.39. The van der Waals surface area contributed by atoms with E-state index >= 15 is 0 Å². The molecule has 3 unspecified atom stereocenters. The number of aliphatic carboxylic acids is 1. The molecule has 0 bridgehead atoms. The fourth-order valence-corrected chi connectivity index (χ4v) is 5.18. The molecular formula is C30H50N4O7Si. The molecule has 4 N–H and O–H groups in total. The van der Waals surface area contributed by atoms with Gasteiger partial charge in [0.1, 0.15) is 29.5 Å². The SMILES string of the molecule is CC(C)C(NC(=O)OC(C)(C)C)C(=O)NC(Cc1cccc(O[Si](C)(C)C(C)(C)C)c1)C(=O)N1CCCC(C(=O)O)N1. The molecule has 1 aromatic carbocycles. The summed E-state index contributed by atoms with van der Waals surface area (Å²) in [6, 6.07) is 4.54. The fraction of sp³-hybridized carbons (Fsp3) is 0.667. The van der Waals surface area contributed by atoms with Crippen LogP contribution < -0.4 is 20.5 Å². The zero-order chi connectivity index (χ0) is 32.0. The molecular weight excluding hydrogens is 556 g/mol. The number of carboxylic acids is 1. The lowest BCUT2D eigenvalue weighted by Crippen LogP contribution is -2.62. The van der Waals surface area contributed by atoms with Crippen LogP contribution in [0, 0.1) is 5.92 Å². The van der Waals surface area contributed by atoms with Crippen molar-refractivity contribution in [1.82, 2.24) is 21.1 Å². The number of ether oxygens (including phenoxy) is 1. The molecule has 236 valence electrons. The van der Waals surface area contributed by atoms with Gasteiger partial charge in [0, 0.05) is 13.0 Å². The standard InChI is InChI=1S/C30H50N4O7Si/c1-19(2)24(32-28(39)40-29(3,4)5)25(35)31-23(26(36)34-16-12-15-22(33-34)27(37)38)18-20-13-11-14-21(17-20)41-42(9,10)30(6,7)8/h11,13-14,17,19,22-24,33H,12,15-16,18H2,1-10H3,(H,31,35)(H,32,39)(H,37,38). The Balaban J connectivity index is 2.35. The molecule has 2 rings (SSSR count). The first kappa shape index (κ1) is 35.1. The third kappa shape index (κ3) is 10.3. The van der Waals surface area contributed by atoms with Crippen LogP contribution >= 0.6 is 0 Å². The average Bonchev–Trinajstić information content (AvgIpc) is 2.84. The Kier molecular flexibility index (Phi) is 11.6. The summed E-state index contributed by atoms with van der Waals surface area (Å²) >= 11 is 0. The van der Waals surface area contributed by atoms with E-state index in [2.05, 4.69) is 49.9 Å². The van der Waals surface area contributed by atoms with Crippen molar-refractivity contribution in [2.75, 3.05) is 6.54 Å². The predicted octanol–water partition coefficient (Wildman–Crippen LogP) is 4.23. The second-order valence-electron chi connectivity index (χ2n) is 13.8. The first-order chi connectivity index (χ1) is 19.2. The van der Waals surface area contributed by atoms with Crippen molar-refractivity contribution < 1.29 is 33.4 Å². The van der Waals surface area contributed by atoms with E-state index in [1.165, 1.54) is 5.01 Å². The highest BCUT2D eigenvalue weighted by Crippen LogP contribution is 2.37. The number of benzene rings is 1. The fourth-order valence-electron chi connectivity index (χ4n) is 4.16. The van der Waals surface area contributed by atoms with Crippen LogP contribution in [0.4, 0.5) is 4.79 Å². The van der Waals surface area contributed by atoms with E-state index in [-0.39, 0.29) is 17.4 Å². The minimum atomic E-state index is -2.12. The predicted molar refractivity (Wildman–Crippen MR) is 163 cm³/mol. The van der Waals surface area contributed by atoms with Gasteiger partial charge in [-0.25, -0.2) is 10.2 Å². The van der Waals surface area contributed by atoms with Crippen LogP contribution in [-0.2, 0) is 25.5 Å². The first-order valence-corrected chi connectivity index (χ1v) is 17.5. The Labute approximate surface area is 251 Å². The summed E-state index contributed by atoms with van der Waals surface area (Å²) < 4.78 is 11.8. The molecule has 12 heteroatoms. The zero-order valence-electron chi connectivity index (χ0n) is 26.8. The molecule has 11 nitrogen and oxygen atoms in total. The zero-order valence-corrected chi connectivity index (χ0v) is 27.8. The van der Waals surface area contributed by atoms with E-state index in [0.29, 0.717) is 25.1 Å². The molecule has 1 aliphatic rings. The summed E-state index contributed by atoms with van der Waals surface area (Å²) in [5.41, 5.74) is 2.80. The molecule has 1 heterocycles. The number of nitrogens with zero attached hydrogens (tertiary/aromatic N) is 1. The summed E-state index contributed by atoms with van der Waals surface area (Å²) in [6.07, 6.45) is 0.280. The van der Waals surface area contributed by atoms with Crippen molar-refractivity contribution >= 4 is 32.2 Å². The van der Waals surface area contributed by atoms with Crippen molar-refractivity contribution in [3.63, 3.8) is 0 Å². The first-order valence-electron chi connectivity index (χ1n) is 14.6. The summed E-state index contributed by atoms with van der Waals surface area (Å²) in [5.74, 6) is -1.69. The van der Waals surface area contributed by atoms with Gasteiger partial charge in [-0.1, -0.05) is 46.8 Å². The lowest BCUT2D eigenvalue weighted by Gasteiger charge is -2.36. The summed E-state index contributed by atoms with van der Waals surface area (Å²) in [6.45, 7) is 19.8. The van der Waals surface area contributed by atoms with Crippen LogP contribution in [0.1, 0.15) is 73.8 Å². The minimum absolute atomic E-state index is 0.0108. The van der Waals surface area contributed by atoms with E-state index < -0.39 is 55.9 Å². The van der Waals surface area contributed by atoms with E-state index in [4.69, 9.17) is 9.16 Å². The molecule has 1 aromatic rings. The van der Waals surface area contributed by atoms with Crippen molar-refractivity contribution in [3.05, 3.63) is 29.8 Å². The van der Waals surface area contributed by atoms with Gasteiger partial charge in [-0.3, -0.25) is 19.4 Å². The smallest absolute Gasteiger partial charge is 0.408 e. The largest absolute Gasteiger partial charge is 0.543 e. The van der Waals surface area contributed by atoms with Crippen molar-refractivity contribution in [2.24, 2.45) is 5.92 Å². The Morgan fingerprint density at radius 3 is 2.29 bits per heavy atom. The number of carboxylic acid groups (broad SMARTS) is 1. The number of rotatable bonds is 10. The van der Waals surface area contributed by atoms with Gasteiger partial charge >= 0.3 is 12.1 Å². The van der Waals surface area contributed by atoms with Gasteiger partial charge in [-0.15, -0.1) is 0 Å². The maximum Gasteiger partial charge on any atom is 0.408 e. The van der Waals surface area contributed by atoms with Crippen molar-refractivity contribution in [3.8, 4) is 5.75 Å². The Hall–Kier alpha value is -3.12. The van der Waals surface area contributed by atoms with E-state index in [1.54, 1.807) is 34.6 Å². The highest BCUT2D eigenvalue weighted by molar-refractivity contribution is 6.74. The average molecular weight is 607 g/mol.